The van der Waals surface area contributed by atoms with Crippen LogP contribution in [0.3, 0.4) is 0 Å². The minimum absolute atomic E-state index is 0.512. The van der Waals surface area contributed by atoms with E-state index in [1.165, 1.54) is 0 Å². The van der Waals surface area contributed by atoms with Crippen LogP contribution in [0, 0.1) is 0 Å². The van der Waals surface area contributed by atoms with E-state index in [4.69, 9.17) is 0 Å². The van der Waals surface area contributed by atoms with Crippen LogP contribution in [0.4, 0.5) is 0 Å². The van der Waals surface area contributed by atoms with Gasteiger partial charge in [-0.2, -0.15) is 0 Å². The first-order valence-corrected chi connectivity index (χ1v) is 11.1. The summed E-state index contributed by atoms with van der Waals surface area (Å²) >= 11 is 0. The van der Waals surface area contributed by atoms with Crippen molar-refractivity contribution < 1.29 is 4.57 Å². The molecule has 116 valence electrons. The Hall–Kier alpha value is 0.0400. The van der Waals surface area contributed by atoms with Crippen molar-refractivity contribution in [2.24, 2.45) is 4.99 Å². The molecule has 1 N–H and O–H groups in total. The Morgan fingerprint density at radius 3 is 2.80 bits per heavy atom. The molecule has 0 saturated heterocycles. The maximum atomic E-state index is 11.8. The topological polar surface area (TPSA) is 41.5 Å². The third-order valence-electron chi connectivity index (χ3n) is 2.38. The van der Waals surface area contributed by atoms with Crippen LogP contribution in [0.1, 0.15) is 27.2 Å². The van der Waals surface area contributed by atoms with E-state index >= 15 is 0 Å². The van der Waals surface area contributed by atoms with Crippen molar-refractivity contribution in [2.75, 3.05) is 24.6 Å². The quantitative estimate of drug-likeness (QED) is 0.188. The molecule has 6 heteroatoms. The molecule has 0 spiro atoms. The first-order valence-electron chi connectivity index (χ1n) is 6.94. The second-order valence-corrected chi connectivity index (χ2v) is 9.11. The second-order valence-electron chi connectivity index (χ2n) is 4.60. The molecule has 1 unspecified atom stereocenters. The number of nitrogens with zero attached hydrogens (tertiary/aromatic N) is 1. The Labute approximate surface area is 132 Å². The highest BCUT2D eigenvalue weighted by molar-refractivity contribution is 8.78. The van der Waals surface area contributed by atoms with Gasteiger partial charge in [-0.15, -0.1) is 0 Å². The first-order chi connectivity index (χ1) is 9.60. The van der Waals surface area contributed by atoms with Crippen molar-refractivity contribution in [3.05, 3.63) is 23.3 Å². The number of rotatable bonds is 12. The van der Waals surface area contributed by atoms with Gasteiger partial charge in [-0.05, 0) is 49.6 Å². The normalized spacial score (nSPS) is 14.1. The van der Waals surface area contributed by atoms with Crippen LogP contribution in [0.15, 0.2) is 28.2 Å². The van der Waals surface area contributed by atoms with E-state index in [2.05, 4.69) is 30.9 Å². The molecule has 1 atom stereocenters. The predicted molar refractivity (Wildman–Crippen MR) is 99.0 cm³/mol. The first kappa shape index (κ1) is 20.0. The van der Waals surface area contributed by atoms with Gasteiger partial charge in [-0.3, -0.25) is 4.99 Å². The standard InChI is InChI=1S/C14H27N2OPS2/c1-5-6-8-14(15-4)20-19-12-11-18(17)10-7-9-16-13(2)3/h5-6,8,13,16,18H,4,7,9-12H2,1-3H3/b6-5-,14-8+. The number of nitrogens with one attached hydrogen (secondary N) is 1. The summed E-state index contributed by atoms with van der Waals surface area (Å²) in [5.41, 5.74) is 0. The zero-order valence-electron chi connectivity index (χ0n) is 12.7. The van der Waals surface area contributed by atoms with E-state index < -0.39 is 7.80 Å². The Morgan fingerprint density at radius 1 is 1.45 bits per heavy atom. The Morgan fingerprint density at radius 2 is 2.20 bits per heavy atom. The summed E-state index contributed by atoms with van der Waals surface area (Å²) in [6, 6.07) is 0.512. The van der Waals surface area contributed by atoms with E-state index in [0.29, 0.717) is 6.04 Å². The molecule has 0 aliphatic rings. The summed E-state index contributed by atoms with van der Waals surface area (Å²) in [5.74, 6) is 0.906. The summed E-state index contributed by atoms with van der Waals surface area (Å²) in [4.78, 5) is 3.94. The zero-order valence-corrected chi connectivity index (χ0v) is 15.4. The fraction of sp³-hybridized carbons (Fsp3) is 0.643. The number of hydrogen-bond donors (Lipinski definition) is 1. The van der Waals surface area contributed by atoms with Crippen LogP contribution in [-0.4, -0.2) is 37.4 Å². The fourth-order valence-electron chi connectivity index (χ4n) is 1.34. The predicted octanol–water partition coefficient (Wildman–Crippen LogP) is 4.43. The van der Waals surface area contributed by atoms with E-state index in [1.54, 1.807) is 21.6 Å². The SMILES string of the molecule is C=N/C(=C\C=C/C)SSCC[PH](=O)CCCNC(C)C. The molecule has 0 aliphatic carbocycles. The van der Waals surface area contributed by atoms with E-state index in [0.717, 1.165) is 36.1 Å². The molecular weight excluding hydrogens is 307 g/mol. The molecule has 0 rings (SSSR count). The van der Waals surface area contributed by atoms with Crippen LogP contribution >= 0.6 is 29.4 Å². The smallest absolute Gasteiger partial charge is 0.106 e. The molecule has 0 aromatic rings. The lowest BCUT2D eigenvalue weighted by molar-refractivity contribution is 0.570. The lowest BCUT2D eigenvalue weighted by Gasteiger charge is -2.07. The Balaban J connectivity index is 3.63. The molecule has 0 aromatic heterocycles. The highest BCUT2D eigenvalue weighted by atomic mass is 33.1. The molecule has 3 nitrogen and oxygen atoms in total. The lowest BCUT2D eigenvalue weighted by Crippen LogP contribution is -2.23. The molecule has 0 amide bonds. The third-order valence-corrected chi connectivity index (χ3v) is 6.75. The molecule has 20 heavy (non-hydrogen) atoms. The Kier molecular flexibility index (Phi) is 14.0. The lowest BCUT2D eigenvalue weighted by atomic mass is 10.4. The molecular formula is C14H27N2OPS2. The zero-order chi connectivity index (χ0) is 15.2. The summed E-state index contributed by atoms with van der Waals surface area (Å²) < 4.78 is 11.8. The largest absolute Gasteiger partial charge is 0.327 e. The van der Waals surface area contributed by atoms with Gasteiger partial charge in [0, 0.05) is 18.0 Å². The van der Waals surface area contributed by atoms with Crippen LogP contribution in [-0.2, 0) is 4.57 Å². The van der Waals surface area contributed by atoms with Crippen LogP contribution in [0.5, 0.6) is 0 Å². The number of hydrogen-bond acceptors (Lipinski definition) is 5. The minimum Gasteiger partial charge on any atom is -0.327 e. The third kappa shape index (κ3) is 13.0. The average Bonchev–Trinajstić information content (AvgIpc) is 2.42. The molecule has 0 saturated carbocycles. The van der Waals surface area contributed by atoms with Crippen LogP contribution in [0.25, 0.3) is 0 Å². The van der Waals surface area contributed by atoms with E-state index in [-0.39, 0.29) is 0 Å². The summed E-state index contributed by atoms with van der Waals surface area (Å²) in [5, 5.41) is 4.24. The van der Waals surface area contributed by atoms with E-state index in [1.807, 2.05) is 25.2 Å². The molecule has 0 aliphatic heterocycles. The van der Waals surface area contributed by atoms with Gasteiger partial charge in [0.05, 0.1) is 7.80 Å². The molecule has 0 radical (unpaired) electrons. The Bertz CT molecular complexity index is 344. The average molecular weight is 334 g/mol. The highest BCUT2D eigenvalue weighted by Gasteiger charge is 2.02. The number of aliphatic imine (C=N–C) groups is 1. The molecule has 0 heterocycles. The van der Waals surface area contributed by atoms with Gasteiger partial charge < -0.3 is 9.88 Å². The maximum Gasteiger partial charge on any atom is 0.106 e. The van der Waals surface area contributed by atoms with Gasteiger partial charge in [-0.25, -0.2) is 0 Å². The van der Waals surface area contributed by atoms with E-state index in [9.17, 15) is 4.57 Å². The summed E-state index contributed by atoms with van der Waals surface area (Å²) in [6.07, 6.45) is 8.52. The number of allylic oxidation sites excluding steroid dienone is 3. The second kappa shape index (κ2) is 14.0. The monoisotopic (exact) mass is 334 g/mol. The van der Waals surface area contributed by atoms with Gasteiger partial charge in [0.2, 0.25) is 0 Å². The van der Waals surface area contributed by atoms with Gasteiger partial charge in [0.1, 0.15) is 5.03 Å². The fourth-order valence-corrected chi connectivity index (χ4v) is 5.49. The minimum atomic E-state index is -1.41. The molecule has 0 fully saturated rings. The van der Waals surface area contributed by atoms with Crippen LogP contribution < -0.4 is 5.32 Å². The highest BCUT2D eigenvalue weighted by Crippen LogP contribution is 2.33. The van der Waals surface area contributed by atoms with Crippen molar-refractivity contribution in [3.63, 3.8) is 0 Å². The summed E-state index contributed by atoms with van der Waals surface area (Å²) in [6.45, 7) is 10.7. The van der Waals surface area contributed by atoms with Crippen molar-refractivity contribution in [1.29, 1.82) is 0 Å². The van der Waals surface area contributed by atoms with Crippen molar-refractivity contribution in [2.45, 2.75) is 33.2 Å². The summed E-state index contributed by atoms with van der Waals surface area (Å²) in [7, 11) is 1.89. The van der Waals surface area contributed by atoms with Crippen molar-refractivity contribution in [3.8, 4) is 0 Å². The maximum absolute atomic E-state index is 11.8. The van der Waals surface area contributed by atoms with Gasteiger partial charge in [0.15, 0.2) is 0 Å². The van der Waals surface area contributed by atoms with Crippen molar-refractivity contribution >= 4 is 36.1 Å². The molecule has 0 bridgehead atoms. The van der Waals surface area contributed by atoms with Crippen molar-refractivity contribution in [1.82, 2.24) is 5.32 Å². The van der Waals surface area contributed by atoms with Gasteiger partial charge in [-0.1, -0.05) is 36.8 Å². The van der Waals surface area contributed by atoms with Gasteiger partial charge in [0.25, 0.3) is 0 Å². The molecule has 0 aromatic carbocycles. The van der Waals surface area contributed by atoms with Gasteiger partial charge >= 0.3 is 0 Å². The van der Waals surface area contributed by atoms with Crippen LogP contribution in [0.2, 0.25) is 0 Å².